The van der Waals surface area contributed by atoms with Crippen LogP contribution >= 0.6 is 0 Å². The van der Waals surface area contributed by atoms with Crippen molar-refractivity contribution < 1.29 is 23.9 Å². The van der Waals surface area contributed by atoms with E-state index in [4.69, 9.17) is 0 Å². The standard InChI is InChI=1S/C2H4O2.3H2O.Pb/c1-2(3)4;;;;/h1H3,(H,3,4);3*1H2;/q;;;;+1/p-1. The van der Waals surface area contributed by atoms with E-state index in [1.807, 2.05) is 0 Å². The second kappa shape index (κ2) is 15.7. The first kappa shape index (κ1) is 24.0. The SMILES string of the molecule is CC(=O)[O][Pb].O.O.O. The van der Waals surface area contributed by atoms with Gasteiger partial charge in [-0.3, -0.25) is 0 Å². The fourth-order valence-corrected chi connectivity index (χ4v) is 0. The monoisotopic (exact) mass is 321 g/mol. The summed E-state index contributed by atoms with van der Waals surface area (Å²) in [6, 6.07) is 0. The molecule has 0 saturated carbocycles. The van der Waals surface area contributed by atoms with Crippen LogP contribution in [0.15, 0.2) is 0 Å². The van der Waals surface area contributed by atoms with Gasteiger partial charge in [0.1, 0.15) is 0 Å². The average molecular weight is 320 g/mol. The Morgan fingerprint density at radius 3 is 1.50 bits per heavy atom. The summed E-state index contributed by atoms with van der Waals surface area (Å²) in [5.41, 5.74) is 0. The van der Waals surface area contributed by atoms with Crippen LogP contribution in [0.5, 0.6) is 0 Å². The Balaban J connectivity index is -0.0000000267. The summed E-state index contributed by atoms with van der Waals surface area (Å²) in [7, 11) is 0. The Labute approximate surface area is 63.3 Å². The van der Waals surface area contributed by atoms with E-state index in [2.05, 4.69) is 2.69 Å². The molecule has 0 aliphatic rings. The van der Waals surface area contributed by atoms with Crippen molar-refractivity contribution in [2.45, 2.75) is 6.92 Å². The van der Waals surface area contributed by atoms with Crippen LogP contribution in [-0.2, 0) is 7.48 Å². The van der Waals surface area contributed by atoms with Crippen molar-refractivity contribution in [3.8, 4) is 0 Å². The summed E-state index contributed by atoms with van der Waals surface area (Å²) in [5, 5.41) is 0. The molecule has 5 nitrogen and oxygen atoms in total. The molecule has 0 bridgehead atoms. The van der Waals surface area contributed by atoms with Gasteiger partial charge in [-0.1, -0.05) is 0 Å². The van der Waals surface area contributed by atoms with E-state index in [0.29, 0.717) is 26.2 Å². The van der Waals surface area contributed by atoms with E-state index in [0.717, 1.165) is 0 Å². The van der Waals surface area contributed by atoms with Crippen LogP contribution in [0.2, 0.25) is 0 Å². The van der Waals surface area contributed by atoms with E-state index in [1.54, 1.807) is 0 Å². The van der Waals surface area contributed by atoms with Gasteiger partial charge < -0.3 is 16.4 Å². The summed E-state index contributed by atoms with van der Waals surface area (Å²) in [4.78, 5) is 9.62. The van der Waals surface area contributed by atoms with E-state index in [1.165, 1.54) is 6.92 Å². The number of rotatable bonds is 0. The number of hydrogen-bond donors (Lipinski definition) is 0. The zero-order chi connectivity index (χ0) is 4.28. The molecule has 0 rings (SSSR count). The Bertz CT molecular complexity index is 45.7. The molecule has 0 unspecified atom stereocenters. The van der Waals surface area contributed by atoms with E-state index < -0.39 is 0 Å². The Morgan fingerprint density at radius 1 is 1.38 bits per heavy atom. The number of hydrogen-bond acceptors (Lipinski definition) is 2. The number of carbonyl (C=O) groups excluding carboxylic acids is 1. The summed E-state index contributed by atoms with van der Waals surface area (Å²) in [6.45, 7) is 1.40. The maximum absolute atomic E-state index is 9.62. The van der Waals surface area contributed by atoms with Crippen LogP contribution in [0, 0.1) is 0 Å². The predicted molar refractivity (Wildman–Crippen MR) is 28.4 cm³/mol. The van der Waals surface area contributed by atoms with E-state index in [-0.39, 0.29) is 22.4 Å². The Kier molecular flexibility index (Phi) is 47.0. The van der Waals surface area contributed by atoms with Crippen molar-refractivity contribution in [2.75, 3.05) is 0 Å². The van der Waals surface area contributed by atoms with Crippen LogP contribution in [-0.4, -0.2) is 48.6 Å². The van der Waals surface area contributed by atoms with Crippen molar-refractivity contribution in [3.63, 3.8) is 0 Å². The van der Waals surface area contributed by atoms with Crippen LogP contribution in [0.4, 0.5) is 0 Å². The Morgan fingerprint density at radius 2 is 1.50 bits per heavy atom. The third-order valence-electron chi connectivity index (χ3n) is 0.144. The molecule has 6 N–H and O–H groups in total. The van der Waals surface area contributed by atoms with Gasteiger partial charge in [-0.25, -0.2) is 0 Å². The predicted octanol–water partition coefficient (Wildman–Crippen LogP) is -2.84. The topological polar surface area (TPSA) is 121 Å². The molecule has 51 valence electrons. The zero-order valence-electron chi connectivity index (χ0n) is 4.32. The van der Waals surface area contributed by atoms with Gasteiger partial charge in [-0.2, -0.15) is 0 Å². The minimum Gasteiger partial charge on any atom is -0.412 e. The molecule has 0 heterocycles. The summed E-state index contributed by atoms with van der Waals surface area (Å²) in [6.07, 6.45) is 0. The molecular formula is C2H9O5Pb. The second-order valence-corrected chi connectivity index (χ2v) is 1.39. The third-order valence-corrected chi connectivity index (χ3v) is 1.26. The van der Waals surface area contributed by atoms with Crippen LogP contribution in [0.3, 0.4) is 0 Å². The van der Waals surface area contributed by atoms with Crippen LogP contribution < -0.4 is 0 Å². The molecule has 0 fully saturated rings. The van der Waals surface area contributed by atoms with Gasteiger partial charge >= 0.3 is 46.6 Å². The first-order valence-electron chi connectivity index (χ1n) is 1.11. The molecule has 0 saturated heterocycles. The van der Waals surface area contributed by atoms with Crippen molar-refractivity contribution in [1.29, 1.82) is 0 Å². The molecule has 0 aromatic carbocycles. The quantitative estimate of drug-likeness (QED) is 0.446. The normalized spacial score (nSPS) is 4.25. The van der Waals surface area contributed by atoms with Gasteiger partial charge in [0.05, 0.1) is 0 Å². The summed E-state index contributed by atoms with van der Waals surface area (Å²) in [5.74, 6) is -0.184. The molecule has 0 aliphatic carbocycles. The molecule has 0 atom stereocenters. The van der Waals surface area contributed by atoms with Gasteiger partial charge in [-0.05, 0) is 0 Å². The van der Waals surface area contributed by atoms with Gasteiger partial charge in [-0.15, -0.1) is 0 Å². The van der Waals surface area contributed by atoms with Crippen molar-refractivity contribution >= 4 is 32.2 Å². The van der Waals surface area contributed by atoms with E-state index >= 15 is 0 Å². The maximum Gasteiger partial charge on any atom is -0.412 e. The molecule has 0 amide bonds. The maximum atomic E-state index is 9.62. The smallest absolute Gasteiger partial charge is 0.412 e. The summed E-state index contributed by atoms with van der Waals surface area (Å²) >= 11 is 0.524. The van der Waals surface area contributed by atoms with Crippen molar-refractivity contribution in [1.82, 2.24) is 0 Å². The molecule has 0 aromatic rings. The molecule has 3 radical (unpaired) electrons. The van der Waals surface area contributed by atoms with Gasteiger partial charge in [0.15, 0.2) is 0 Å². The fraction of sp³-hybridized carbons (Fsp3) is 0.500. The molecular weight excluding hydrogens is 311 g/mol. The molecule has 6 heteroatoms. The van der Waals surface area contributed by atoms with Gasteiger partial charge in [0.25, 0.3) is 0 Å². The first-order valence-corrected chi connectivity index (χ1v) is 2.70. The second-order valence-electron chi connectivity index (χ2n) is 0.594. The minimum atomic E-state index is -0.184. The van der Waals surface area contributed by atoms with Gasteiger partial charge in [0.2, 0.25) is 0 Å². The fourth-order valence-electron chi connectivity index (χ4n) is 0. The molecule has 0 aromatic heterocycles. The first-order chi connectivity index (χ1) is 2.27. The average Bonchev–Trinajstić information content (AvgIpc) is 1.38. The van der Waals surface area contributed by atoms with E-state index in [9.17, 15) is 4.79 Å². The zero-order valence-corrected chi connectivity index (χ0v) is 8.20. The van der Waals surface area contributed by atoms with Crippen LogP contribution in [0.25, 0.3) is 0 Å². The van der Waals surface area contributed by atoms with Crippen LogP contribution in [0.1, 0.15) is 6.92 Å². The largest absolute Gasteiger partial charge is 0.412 e. The molecule has 0 aliphatic heterocycles. The summed E-state index contributed by atoms with van der Waals surface area (Å²) < 4.78 is 4.25. The minimum absolute atomic E-state index is 0. The number of carbonyl (C=O) groups is 1. The van der Waals surface area contributed by atoms with Crippen molar-refractivity contribution in [3.05, 3.63) is 0 Å². The van der Waals surface area contributed by atoms with Crippen molar-refractivity contribution in [2.24, 2.45) is 0 Å². The Hall–Kier alpha value is 0.272. The van der Waals surface area contributed by atoms with Gasteiger partial charge in [0, 0.05) is 0 Å². The molecule has 8 heavy (non-hydrogen) atoms. The molecule has 0 spiro atoms. The third kappa shape index (κ3) is 33.8.